The first-order valence-electron chi connectivity index (χ1n) is 0. The number of hydrogen-bond acceptors (Lipinski definition) is 0. The van der Waals surface area contributed by atoms with Crippen molar-refractivity contribution in [2.45, 2.75) is 0 Å². The monoisotopic (exact) mass is 316 g/mol. The van der Waals surface area contributed by atoms with Crippen LogP contribution in [0, 0.1) is 0 Å². The van der Waals surface area contributed by atoms with Crippen LogP contribution in [0.2, 0.25) is 0 Å². The standard InChI is InChI=1S/As.Cd.Cu.Zn. The molecule has 0 aromatic rings. The van der Waals surface area contributed by atoms with Crippen LogP contribution >= 0.6 is 0 Å². The fraction of sp³-hybridized carbons (Fsp3) is 0. The van der Waals surface area contributed by atoms with Crippen molar-refractivity contribution < 1.29 is 63.8 Å². The van der Waals surface area contributed by atoms with Crippen LogP contribution in [0.1, 0.15) is 0 Å². The second-order valence-corrected chi connectivity index (χ2v) is 0. The Hall–Kier alpha value is 2.62. The maximum Gasteiger partial charge on any atom is 0 e. The van der Waals surface area contributed by atoms with E-state index in [9.17, 15) is 0 Å². The SMILES string of the molecule is [As].[Cd].[Cu].[Zn]. The van der Waals surface area contributed by atoms with Crippen LogP contribution in [0.15, 0.2) is 0 Å². The van der Waals surface area contributed by atoms with Gasteiger partial charge in [0.25, 0.3) is 0 Å². The van der Waals surface area contributed by atoms with Gasteiger partial charge in [-0.1, -0.05) is 0 Å². The number of rotatable bonds is 0. The van der Waals surface area contributed by atoms with E-state index in [1.54, 1.807) is 0 Å². The van der Waals surface area contributed by atoms with E-state index in [0.29, 0.717) is 0 Å². The van der Waals surface area contributed by atoms with Gasteiger partial charge in [0.1, 0.15) is 0 Å². The molecule has 0 aliphatic carbocycles. The van der Waals surface area contributed by atoms with E-state index in [4.69, 9.17) is 0 Å². The summed E-state index contributed by atoms with van der Waals surface area (Å²) in [6.45, 7) is 0. The van der Waals surface area contributed by atoms with Gasteiger partial charge in [0.15, 0.2) is 0 Å². The van der Waals surface area contributed by atoms with Gasteiger partial charge in [-0.25, -0.2) is 0 Å². The molecule has 0 bridgehead atoms. The molecule has 0 spiro atoms. The van der Waals surface area contributed by atoms with E-state index in [1.165, 1.54) is 0 Å². The molecule has 0 N–H and O–H groups in total. The third-order valence-corrected chi connectivity index (χ3v) is 0. The summed E-state index contributed by atoms with van der Waals surface area (Å²) in [5.41, 5.74) is 0. The van der Waals surface area contributed by atoms with Gasteiger partial charge in [-0.05, 0) is 0 Å². The van der Waals surface area contributed by atoms with Crippen molar-refractivity contribution in [3.8, 4) is 0 Å². The second-order valence-electron chi connectivity index (χ2n) is 0. The van der Waals surface area contributed by atoms with Gasteiger partial charge < -0.3 is 0 Å². The zero-order valence-electron chi connectivity index (χ0n) is 2.16. The summed E-state index contributed by atoms with van der Waals surface area (Å²) in [5, 5.41) is 0. The molecule has 0 heterocycles. The van der Waals surface area contributed by atoms with Crippen molar-refractivity contribution in [2.24, 2.45) is 0 Å². The van der Waals surface area contributed by atoms with Gasteiger partial charge in [0, 0.05) is 81.8 Å². The Kier molecular flexibility index (Phi) is 133. The Morgan fingerprint density at radius 2 is 1.00 bits per heavy atom. The Morgan fingerprint density at radius 1 is 1.00 bits per heavy atom. The first kappa shape index (κ1) is 30.4. The topological polar surface area (TPSA) is 0 Å². The van der Waals surface area contributed by atoms with Crippen molar-refractivity contribution in [2.75, 3.05) is 0 Å². The van der Waals surface area contributed by atoms with Crippen LogP contribution in [0.5, 0.6) is 0 Å². The van der Waals surface area contributed by atoms with Crippen molar-refractivity contribution in [1.29, 1.82) is 0 Å². The normalized spacial score (nSPS) is 0. The van der Waals surface area contributed by atoms with Crippen molar-refractivity contribution in [1.82, 2.24) is 0 Å². The molecule has 0 aliphatic heterocycles. The smallest absolute Gasteiger partial charge is 0 e. The fourth-order valence-electron chi connectivity index (χ4n) is 0. The van der Waals surface area contributed by atoms with Gasteiger partial charge in [-0.15, -0.1) is 0 Å². The van der Waals surface area contributed by atoms with Gasteiger partial charge in [0.2, 0.25) is 0 Å². The molecule has 0 amide bonds. The maximum absolute atomic E-state index is 0. The summed E-state index contributed by atoms with van der Waals surface area (Å²) in [7, 11) is 0. The predicted octanol–water partition coefficient (Wildman–Crippen LogP) is -0.388. The Labute approximate surface area is 80.6 Å². The molecule has 0 aliphatic rings. The molecule has 0 nitrogen and oxygen atoms in total. The minimum atomic E-state index is 0. The summed E-state index contributed by atoms with van der Waals surface area (Å²) < 4.78 is 0. The van der Waals surface area contributed by atoms with E-state index < -0.39 is 0 Å². The van der Waals surface area contributed by atoms with E-state index in [-0.39, 0.29) is 81.8 Å². The maximum atomic E-state index is 0. The molecule has 4 heavy (non-hydrogen) atoms. The molecule has 20 valence electrons. The minimum Gasteiger partial charge on any atom is 0 e. The van der Waals surface area contributed by atoms with E-state index in [1.807, 2.05) is 0 Å². The fourth-order valence-corrected chi connectivity index (χ4v) is 0. The van der Waals surface area contributed by atoms with Gasteiger partial charge >= 0.3 is 0 Å². The summed E-state index contributed by atoms with van der Waals surface area (Å²) in [6, 6.07) is 0. The van der Waals surface area contributed by atoms with Crippen molar-refractivity contribution in [3.63, 3.8) is 0 Å². The second kappa shape index (κ2) is 17.5. The molecule has 0 rings (SSSR count). The summed E-state index contributed by atoms with van der Waals surface area (Å²) in [4.78, 5) is 0. The van der Waals surface area contributed by atoms with Gasteiger partial charge in [-0.3, -0.25) is 0 Å². The molecule has 0 aromatic carbocycles. The van der Waals surface area contributed by atoms with Crippen LogP contribution in [0.25, 0.3) is 0 Å². The molecular formula is AsCdCuZn. The van der Waals surface area contributed by atoms with Gasteiger partial charge in [0.05, 0.1) is 0 Å². The first-order chi connectivity index (χ1) is 0. The Bertz CT molecular complexity index is 8.00. The zero-order chi connectivity index (χ0) is 0. The largest absolute Gasteiger partial charge is 0 e. The van der Waals surface area contributed by atoms with E-state index in [0.717, 1.165) is 0 Å². The number of hydrogen-bond donors (Lipinski definition) is 0. The Morgan fingerprint density at radius 3 is 1.00 bits per heavy atom. The predicted molar refractivity (Wildman–Crippen MR) is 5.75 cm³/mol. The zero-order valence-corrected chi connectivity index (χ0v) is 12.0. The quantitative estimate of drug-likeness (QED) is 0.534. The van der Waals surface area contributed by atoms with Crippen LogP contribution in [0.3, 0.4) is 0 Å². The van der Waals surface area contributed by atoms with E-state index >= 15 is 0 Å². The first-order valence-corrected chi connectivity index (χ1v) is 0. The van der Waals surface area contributed by atoms with Gasteiger partial charge in [-0.2, -0.15) is 0 Å². The molecule has 0 saturated heterocycles. The molecule has 4 heteroatoms. The Balaban J connectivity index is 0. The molecule has 4 radical (unpaired) electrons. The molecule has 0 aromatic heterocycles. The van der Waals surface area contributed by atoms with Crippen molar-refractivity contribution >= 4 is 18.0 Å². The average Bonchev–Trinajstić information content (AvgIpc) is 0. The molecule has 0 fully saturated rings. The third kappa shape index (κ3) is 8.82. The molecule has 0 unspecified atom stereocenters. The van der Waals surface area contributed by atoms with Crippen LogP contribution in [-0.4, -0.2) is 18.0 Å². The van der Waals surface area contributed by atoms with Crippen molar-refractivity contribution in [3.05, 3.63) is 0 Å². The molecule has 0 atom stereocenters. The molecular weight excluding hydrogens is 316 g/mol. The molecule has 0 saturated carbocycles. The summed E-state index contributed by atoms with van der Waals surface area (Å²) in [6.07, 6.45) is 0. The minimum absolute atomic E-state index is 0. The van der Waals surface area contributed by atoms with Crippen LogP contribution < -0.4 is 0 Å². The summed E-state index contributed by atoms with van der Waals surface area (Å²) in [5.74, 6) is 0. The third-order valence-electron chi connectivity index (χ3n) is 0. The van der Waals surface area contributed by atoms with E-state index in [2.05, 4.69) is 0 Å². The summed E-state index contributed by atoms with van der Waals surface area (Å²) >= 11 is 0. The van der Waals surface area contributed by atoms with Crippen LogP contribution in [-0.2, 0) is 63.8 Å². The average molecular weight is 316 g/mol. The van der Waals surface area contributed by atoms with Crippen LogP contribution in [0.4, 0.5) is 0 Å².